The summed E-state index contributed by atoms with van der Waals surface area (Å²) in [5, 5.41) is 7.08. The number of halogens is 3. The van der Waals surface area contributed by atoms with Crippen LogP contribution in [-0.2, 0) is 6.18 Å². The lowest BCUT2D eigenvalue weighted by molar-refractivity contribution is -0.136. The molecular weight excluding hydrogens is 363 g/mol. The minimum absolute atomic E-state index is 0.0519. The Morgan fingerprint density at radius 3 is 2.63 bits per heavy atom. The van der Waals surface area contributed by atoms with Gasteiger partial charge in [-0.3, -0.25) is 15.1 Å². The Labute approximate surface area is 151 Å². The van der Waals surface area contributed by atoms with Crippen molar-refractivity contribution in [1.82, 2.24) is 14.9 Å². The van der Waals surface area contributed by atoms with Gasteiger partial charge in [0.2, 0.25) is 5.88 Å². The Morgan fingerprint density at radius 2 is 2.04 bits per heavy atom. The zero-order chi connectivity index (χ0) is 19.8. The number of benzene rings is 1. The molecule has 3 aromatic rings. The van der Waals surface area contributed by atoms with E-state index in [4.69, 9.17) is 15.9 Å². The number of aromatic amines is 1. The van der Waals surface area contributed by atoms with Crippen molar-refractivity contribution in [3.63, 3.8) is 0 Å². The molecule has 3 rings (SSSR count). The SMILES string of the molecule is CN(C(=N)N)C(=O)c1cc2c(C(F)(F)F)cc(Oc3ccccn3)cc2[nH]1. The van der Waals surface area contributed by atoms with E-state index >= 15 is 0 Å². The number of H-pyrrole nitrogens is 1. The van der Waals surface area contributed by atoms with E-state index < -0.39 is 23.6 Å². The van der Waals surface area contributed by atoms with Crippen molar-refractivity contribution in [1.29, 1.82) is 5.41 Å². The van der Waals surface area contributed by atoms with Gasteiger partial charge in [-0.25, -0.2) is 4.98 Å². The van der Waals surface area contributed by atoms with Crippen LogP contribution in [-0.4, -0.2) is 33.8 Å². The number of rotatable bonds is 3. The van der Waals surface area contributed by atoms with Crippen LogP contribution in [0.1, 0.15) is 16.1 Å². The van der Waals surface area contributed by atoms with E-state index in [0.717, 1.165) is 17.0 Å². The first-order valence-corrected chi connectivity index (χ1v) is 7.61. The number of fused-ring (bicyclic) bond motifs is 1. The van der Waals surface area contributed by atoms with E-state index in [1.54, 1.807) is 12.1 Å². The number of guanidine groups is 1. The Morgan fingerprint density at radius 1 is 1.30 bits per heavy atom. The van der Waals surface area contributed by atoms with Crippen LogP contribution in [0.15, 0.2) is 42.6 Å². The zero-order valence-electron chi connectivity index (χ0n) is 14.0. The van der Waals surface area contributed by atoms with Crippen molar-refractivity contribution in [3.8, 4) is 11.6 Å². The number of nitrogens with two attached hydrogens (primary N) is 1. The molecule has 0 fully saturated rings. The third-order valence-corrected chi connectivity index (χ3v) is 3.77. The highest BCUT2D eigenvalue weighted by Gasteiger charge is 2.34. The molecule has 10 heteroatoms. The molecule has 2 heterocycles. The first kappa shape index (κ1) is 18.2. The molecule has 1 aromatic carbocycles. The van der Waals surface area contributed by atoms with Gasteiger partial charge in [0.15, 0.2) is 5.96 Å². The number of pyridine rings is 1. The number of carbonyl (C=O) groups is 1. The van der Waals surface area contributed by atoms with Gasteiger partial charge < -0.3 is 15.5 Å². The highest BCUT2D eigenvalue weighted by atomic mass is 19.4. The minimum atomic E-state index is -4.67. The van der Waals surface area contributed by atoms with Gasteiger partial charge in [-0.1, -0.05) is 6.07 Å². The average Bonchev–Trinajstić information content (AvgIpc) is 3.03. The van der Waals surface area contributed by atoms with Crippen LogP contribution < -0.4 is 10.5 Å². The fourth-order valence-corrected chi connectivity index (χ4v) is 2.44. The predicted octanol–water partition coefficient (Wildman–Crippen LogP) is 3.34. The van der Waals surface area contributed by atoms with Crippen molar-refractivity contribution in [3.05, 3.63) is 53.9 Å². The van der Waals surface area contributed by atoms with E-state index in [-0.39, 0.29) is 28.2 Å². The number of aromatic nitrogens is 2. The largest absolute Gasteiger partial charge is 0.439 e. The summed E-state index contributed by atoms with van der Waals surface area (Å²) in [5.41, 5.74) is 4.20. The van der Waals surface area contributed by atoms with Crippen molar-refractivity contribution >= 4 is 22.8 Å². The summed E-state index contributed by atoms with van der Waals surface area (Å²) in [6, 6.07) is 8.03. The van der Waals surface area contributed by atoms with Gasteiger partial charge in [0.05, 0.1) is 11.1 Å². The number of carbonyl (C=O) groups excluding carboxylic acids is 1. The summed E-state index contributed by atoms with van der Waals surface area (Å²) in [5.74, 6) is -1.23. The smallest absolute Gasteiger partial charge is 0.417 e. The molecule has 0 saturated carbocycles. The lowest BCUT2D eigenvalue weighted by atomic mass is 10.1. The van der Waals surface area contributed by atoms with Crippen LogP contribution in [0.25, 0.3) is 10.9 Å². The molecule has 1 amide bonds. The van der Waals surface area contributed by atoms with Crippen molar-refractivity contribution in [2.24, 2.45) is 5.73 Å². The second-order valence-corrected chi connectivity index (χ2v) is 5.63. The van der Waals surface area contributed by atoms with Crippen LogP contribution in [0.3, 0.4) is 0 Å². The Kier molecular flexibility index (Phi) is 4.48. The van der Waals surface area contributed by atoms with Crippen molar-refractivity contribution in [2.75, 3.05) is 7.05 Å². The second-order valence-electron chi connectivity index (χ2n) is 5.63. The van der Waals surface area contributed by atoms with Crippen molar-refractivity contribution < 1.29 is 22.7 Å². The molecule has 0 atom stereocenters. The molecule has 0 radical (unpaired) electrons. The quantitative estimate of drug-likeness (QED) is 0.480. The van der Waals surface area contributed by atoms with E-state index in [2.05, 4.69) is 9.97 Å². The average molecular weight is 377 g/mol. The molecule has 0 saturated heterocycles. The number of alkyl halides is 3. The van der Waals surface area contributed by atoms with Crippen LogP contribution >= 0.6 is 0 Å². The molecule has 0 aliphatic rings. The molecule has 7 nitrogen and oxygen atoms in total. The molecule has 140 valence electrons. The highest BCUT2D eigenvalue weighted by Crippen LogP contribution is 2.38. The zero-order valence-corrected chi connectivity index (χ0v) is 14.0. The van der Waals surface area contributed by atoms with Gasteiger partial charge in [-0.2, -0.15) is 13.2 Å². The number of ether oxygens (including phenoxy) is 1. The van der Waals surface area contributed by atoms with E-state index in [0.29, 0.717) is 0 Å². The molecule has 0 aliphatic heterocycles. The predicted molar refractivity (Wildman–Crippen MR) is 91.6 cm³/mol. The summed E-state index contributed by atoms with van der Waals surface area (Å²) in [7, 11) is 1.25. The molecule has 0 bridgehead atoms. The number of amides is 1. The van der Waals surface area contributed by atoms with Gasteiger partial charge in [-0.05, 0) is 18.2 Å². The van der Waals surface area contributed by atoms with Gasteiger partial charge in [0.25, 0.3) is 5.91 Å². The van der Waals surface area contributed by atoms with Crippen LogP contribution in [0.2, 0.25) is 0 Å². The highest BCUT2D eigenvalue weighted by molar-refractivity contribution is 6.06. The maximum absolute atomic E-state index is 13.5. The minimum Gasteiger partial charge on any atom is -0.439 e. The third-order valence-electron chi connectivity index (χ3n) is 3.77. The topological polar surface area (TPSA) is 108 Å². The van der Waals surface area contributed by atoms with Crippen molar-refractivity contribution in [2.45, 2.75) is 6.18 Å². The first-order chi connectivity index (χ1) is 12.7. The van der Waals surface area contributed by atoms with E-state index in [1.165, 1.54) is 25.4 Å². The molecular formula is C17H14F3N5O2. The van der Waals surface area contributed by atoms with E-state index in [9.17, 15) is 18.0 Å². The first-order valence-electron chi connectivity index (χ1n) is 7.61. The Hall–Kier alpha value is -3.56. The van der Waals surface area contributed by atoms with Gasteiger partial charge in [-0.15, -0.1) is 0 Å². The number of nitrogens with zero attached hydrogens (tertiary/aromatic N) is 2. The standard InChI is InChI=1S/C17H14F3N5O2/c1-25(16(21)22)15(26)13-8-10-11(17(18,19)20)6-9(7-12(10)24-13)27-14-4-2-3-5-23-14/h2-8,24H,1H3,(H3,21,22). The number of nitrogens with one attached hydrogen (secondary N) is 2. The number of hydrogen-bond donors (Lipinski definition) is 3. The van der Waals surface area contributed by atoms with Gasteiger partial charge in [0.1, 0.15) is 11.4 Å². The fourth-order valence-electron chi connectivity index (χ4n) is 2.44. The molecule has 2 aromatic heterocycles. The van der Waals surface area contributed by atoms with E-state index in [1.807, 2.05) is 0 Å². The summed E-state index contributed by atoms with van der Waals surface area (Å²) < 4.78 is 45.9. The normalized spacial score (nSPS) is 11.4. The third kappa shape index (κ3) is 3.68. The maximum atomic E-state index is 13.5. The molecule has 0 aliphatic carbocycles. The fraction of sp³-hybridized carbons (Fsp3) is 0.118. The Bertz CT molecular complexity index is 1010. The lowest BCUT2D eigenvalue weighted by Crippen LogP contribution is -2.38. The lowest BCUT2D eigenvalue weighted by Gasteiger charge is -2.12. The summed E-state index contributed by atoms with van der Waals surface area (Å²) >= 11 is 0. The van der Waals surface area contributed by atoms with Gasteiger partial charge >= 0.3 is 6.18 Å². The van der Waals surface area contributed by atoms with Gasteiger partial charge in [0, 0.05) is 30.8 Å². The van der Waals surface area contributed by atoms with Crippen LogP contribution in [0.4, 0.5) is 13.2 Å². The second kappa shape index (κ2) is 6.63. The Balaban J connectivity index is 2.10. The summed E-state index contributed by atoms with van der Waals surface area (Å²) in [6.07, 6.45) is -3.22. The summed E-state index contributed by atoms with van der Waals surface area (Å²) in [4.78, 5) is 19.6. The number of hydrogen-bond acceptors (Lipinski definition) is 4. The molecule has 0 spiro atoms. The maximum Gasteiger partial charge on any atom is 0.417 e. The summed E-state index contributed by atoms with van der Waals surface area (Å²) in [6.45, 7) is 0. The monoisotopic (exact) mass is 377 g/mol. The molecule has 4 N–H and O–H groups in total. The molecule has 0 unspecified atom stereocenters. The van der Waals surface area contributed by atoms with Crippen LogP contribution in [0.5, 0.6) is 11.6 Å². The van der Waals surface area contributed by atoms with Crippen LogP contribution in [0, 0.1) is 5.41 Å². The molecule has 27 heavy (non-hydrogen) atoms.